The quantitative estimate of drug-likeness (QED) is 0.368. The van der Waals surface area contributed by atoms with Crippen molar-refractivity contribution in [2.24, 2.45) is 10.3 Å². The van der Waals surface area contributed by atoms with Crippen LogP contribution in [0.5, 0.6) is 0 Å². The summed E-state index contributed by atoms with van der Waals surface area (Å²) in [6.07, 6.45) is 1.34. The van der Waals surface area contributed by atoms with Crippen molar-refractivity contribution in [1.82, 2.24) is 9.59 Å². The molecule has 0 aliphatic carbocycles. The zero-order valence-corrected chi connectivity index (χ0v) is 10.5. The smallest absolute Gasteiger partial charge is 0.226 e. The number of hydrogen-bond donors (Lipinski definition) is 0. The fourth-order valence-corrected chi connectivity index (χ4v) is 1.45. The van der Waals surface area contributed by atoms with Gasteiger partial charge in [0.05, 0.1) is 0 Å². The Balaban J connectivity index is 1.97. The normalized spacial score (nSPS) is 15.1. The Morgan fingerprint density at radius 1 is 1.39 bits per heavy atom. The molecule has 0 amide bonds. The summed E-state index contributed by atoms with van der Waals surface area (Å²) in [6.45, 7) is 0.189. The zero-order valence-electron chi connectivity index (χ0n) is 9.03. The minimum absolute atomic E-state index is 0.189. The lowest BCUT2D eigenvalue weighted by atomic mass is 10.1. The van der Waals surface area contributed by atoms with Crippen LogP contribution in [0.4, 0.5) is 0 Å². The first-order chi connectivity index (χ1) is 8.66. The number of oxime groups is 1. The van der Waals surface area contributed by atoms with E-state index in [1.54, 1.807) is 30.3 Å². The van der Waals surface area contributed by atoms with E-state index in [-0.39, 0.29) is 11.8 Å². The molecule has 0 spiro atoms. The molecule has 0 unspecified atom stereocenters. The average Bonchev–Trinajstić information content (AvgIpc) is 2.82. The fraction of sp³-hybridized carbons (Fsp3) is 0.100. The molecule has 1 heterocycles. The number of rotatable bonds is 4. The lowest BCUT2D eigenvalue weighted by Crippen LogP contribution is -2.20. The molecule has 1 aliphatic heterocycles. The first kappa shape index (κ1) is 12.7. The molecule has 1 aromatic carbocycles. The van der Waals surface area contributed by atoms with Gasteiger partial charge in [-0.15, -0.1) is 5.10 Å². The van der Waals surface area contributed by atoms with Gasteiger partial charge in [0.25, 0.3) is 0 Å². The number of carbonyl (C=O) groups is 1. The SMILES string of the molecule is O=C(C(Cl)=NON1CN(Cl)C=N1)c1ccccc1. The number of carbonyl (C=O) groups excluding carboxylic acids is 1. The van der Waals surface area contributed by atoms with Crippen molar-refractivity contribution < 1.29 is 9.73 Å². The number of hydrogen-bond acceptors (Lipinski definition) is 6. The van der Waals surface area contributed by atoms with E-state index in [1.165, 1.54) is 10.8 Å². The van der Waals surface area contributed by atoms with Crippen LogP contribution in [0, 0.1) is 0 Å². The molecule has 0 saturated heterocycles. The minimum atomic E-state index is -0.428. The van der Waals surface area contributed by atoms with Gasteiger partial charge in [-0.3, -0.25) is 4.79 Å². The van der Waals surface area contributed by atoms with E-state index in [1.807, 2.05) is 0 Å². The van der Waals surface area contributed by atoms with E-state index < -0.39 is 5.78 Å². The van der Waals surface area contributed by atoms with Crippen molar-refractivity contribution in [2.45, 2.75) is 0 Å². The third-order valence-corrected chi connectivity index (χ3v) is 2.44. The second-order valence-electron chi connectivity index (χ2n) is 3.28. The van der Waals surface area contributed by atoms with Crippen molar-refractivity contribution in [2.75, 3.05) is 6.67 Å². The molecule has 8 heteroatoms. The van der Waals surface area contributed by atoms with E-state index in [0.29, 0.717) is 5.56 Å². The van der Waals surface area contributed by atoms with Crippen molar-refractivity contribution in [3.05, 3.63) is 35.9 Å². The summed E-state index contributed by atoms with van der Waals surface area (Å²) in [5.41, 5.74) is 0.429. The summed E-state index contributed by atoms with van der Waals surface area (Å²) in [7, 11) is 0. The topological polar surface area (TPSA) is 57.5 Å². The van der Waals surface area contributed by atoms with Crippen LogP contribution in [0.25, 0.3) is 0 Å². The number of hydrazone groups is 1. The van der Waals surface area contributed by atoms with Crippen LogP contribution in [0.1, 0.15) is 10.4 Å². The Morgan fingerprint density at radius 3 is 2.72 bits per heavy atom. The molecule has 0 atom stereocenters. The van der Waals surface area contributed by atoms with Crippen molar-refractivity contribution in [3.8, 4) is 0 Å². The summed E-state index contributed by atoms with van der Waals surface area (Å²) in [6, 6.07) is 8.53. The number of halogens is 2. The monoisotopic (exact) mass is 286 g/mol. The van der Waals surface area contributed by atoms with E-state index in [2.05, 4.69) is 10.3 Å². The number of ketones is 1. The third-order valence-electron chi connectivity index (χ3n) is 2.00. The standard InChI is InChI=1S/C10H8Cl2N4O2/c11-10(9(17)8-4-2-1-3-5-8)14-18-16-7-15(12)6-13-16/h1-6H,7H2. The van der Waals surface area contributed by atoms with Crippen molar-refractivity contribution >= 4 is 40.7 Å². The Hall–Kier alpha value is -1.79. The maximum absolute atomic E-state index is 11.8. The number of hydroxylamine groups is 1. The van der Waals surface area contributed by atoms with Gasteiger partial charge in [-0.25, -0.2) is 9.36 Å². The van der Waals surface area contributed by atoms with Gasteiger partial charge in [-0.1, -0.05) is 47.1 Å². The maximum atomic E-state index is 11.8. The fourth-order valence-electron chi connectivity index (χ4n) is 1.18. The van der Waals surface area contributed by atoms with Crippen molar-refractivity contribution in [3.63, 3.8) is 0 Å². The lowest BCUT2D eigenvalue weighted by Gasteiger charge is -2.09. The maximum Gasteiger partial charge on any atom is 0.226 e. The number of Topliss-reactive ketones (excluding diaryl/α,β-unsaturated/α-hetero) is 1. The third kappa shape index (κ3) is 3.12. The predicted molar refractivity (Wildman–Crippen MR) is 68.0 cm³/mol. The Bertz CT molecular complexity index is 492. The zero-order chi connectivity index (χ0) is 13.0. The predicted octanol–water partition coefficient (Wildman–Crippen LogP) is 2.03. The molecule has 0 saturated carbocycles. The molecule has 0 radical (unpaired) electrons. The number of benzene rings is 1. The van der Waals surface area contributed by atoms with Crippen LogP contribution in [-0.4, -0.2) is 33.6 Å². The van der Waals surface area contributed by atoms with Crippen molar-refractivity contribution in [1.29, 1.82) is 0 Å². The first-order valence-electron chi connectivity index (χ1n) is 4.91. The molecule has 1 aromatic rings. The Morgan fingerprint density at radius 2 is 2.11 bits per heavy atom. The second kappa shape index (κ2) is 5.70. The highest BCUT2D eigenvalue weighted by atomic mass is 35.5. The average molecular weight is 287 g/mol. The lowest BCUT2D eigenvalue weighted by molar-refractivity contribution is -0.158. The van der Waals surface area contributed by atoms with Crippen LogP contribution in [0.15, 0.2) is 40.6 Å². The minimum Gasteiger partial charge on any atom is -0.286 e. The summed E-state index contributed by atoms with van der Waals surface area (Å²) >= 11 is 11.3. The molecular formula is C10H8Cl2N4O2. The molecule has 1 aliphatic rings. The summed E-state index contributed by atoms with van der Waals surface area (Å²) in [4.78, 5) is 16.6. The van der Waals surface area contributed by atoms with Gasteiger partial charge < -0.3 is 0 Å². The van der Waals surface area contributed by atoms with E-state index in [9.17, 15) is 4.79 Å². The molecule has 0 bridgehead atoms. The van der Waals surface area contributed by atoms with Gasteiger partial charge in [-0.2, -0.15) is 0 Å². The molecule has 2 rings (SSSR count). The molecule has 0 fully saturated rings. The molecule has 0 N–H and O–H groups in total. The summed E-state index contributed by atoms with van der Waals surface area (Å²) < 4.78 is 1.25. The highest BCUT2D eigenvalue weighted by Gasteiger charge is 2.16. The second-order valence-corrected chi connectivity index (χ2v) is 4.08. The Kier molecular flexibility index (Phi) is 4.01. The van der Waals surface area contributed by atoms with E-state index >= 15 is 0 Å². The summed E-state index contributed by atoms with van der Waals surface area (Å²) in [5.74, 6) is -0.428. The van der Waals surface area contributed by atoms with Gasteiger partial charge in [0, 0.05) is 17.3 Å². The highest BCUT2D eigenvalue weighted by molar-refractivity contribution is 6.84. The van der Waals surface area contributed by atoms with Crippen LogP contribution in [0.3, 0.4) is 0 Å². The van der Waals surface area contributed by atoms with Gasteiger partial charge >= 0.3 is 0 Å². The van der Waals surface area contributed by atoms with E-state index in [4.69, 9.17) is 28.3 Å². The van der Waals surface area contributed by atoms with Gasteiger partial charge in [0.1, 0.15) is 6.34 Å². The highest BCUT2D eigenvalue weighted by Crippen LogP contribution is 2.08. The molecule has 94 valence electrons. The first-order valence-corrected chi connectivity index (χ1v) is 5.63. The molecule has 0 aromatic heterocycles. The molecule has 18 heavy (non-hydrogen) atoms. The van der Waals surface area contributed by atoms with Crippen LogP contribution >= 0.6 is 23.4 Å². The van der Waals surface area contributed by atoms with Crippen LogP contribution in [-0.2, 0) is 4.94 Å². The van der Waals surface area contributed by atoms with E-state index in [0.717, 1.165) is 5.17 Å². The van der Waals surface area contributed by atoms with Gasteiger partial charge in [0.15, 0.2) is 6.67 Å². The number of nitrogens with zero attached hydrogens (tertiary/aromatic N) is 4. The largest absolute Gasteiger partial charge is 0.286 e. The summed E-state index contributed by atoms with van der Waals surface area (Å²) in [5, 5.41) is 7.99. The Labute approximate surface area is 113 Å². The van der Waals surface area contributed by atoms with Gasteiger partial charge in [0.2, 0.25) is 11.0 Å². The molecular weight excluding hydrogens is 279 g/mol. The van der Waals surface area contributed by atoms with Crippen LogP contribution in [0.2, 0.25) is 0 Å². The molecule has 6 nitrogen and oxygen atoms in total. The van der Waals surface area contributed by atoms with Gasteiger partial charge in [-0.05, 0) is 5.16 Å². The van der Waals surface area contributed by atoms with Crippen LogP contribution < -0.4 is 0 Å².